The SMILES string of the molecule is CNCc1nc(Cl)c2ccc(Cl)cc2n1. The van der Waals surface area contributed by atoms with Crippen molar-refractivity contribution in [3.05, 3.63) is 34.2 Å². The highest BCUT2D eigenvalue weighted by Crippen LogP contribution is 2.23. The van der Waals surface area contributed by atoms with E-state index in [2.05, 4.69) is 15.3 Å². The van der Waals surface area contributed by atoms with Gasteiger partial charge in [0.05, 0.1) is 12.1 Å². The van der Waals surface area contributed by atoms with E-state index >= 15 is 0 Å². The maximum atomic E-state index is 6.03. The van der Waals surface area contributed by atoms with Crippen LogP contribution in [-0.4, -0.2) is 17.0 Å². The van der Waals surface area contributed by atoms with E-state index < -0.39 is 0 Å². The molecule has 1 N–H and O–H groups in total. The Morgan fingerprint density at radius 3 is 2.80 bits per heavy atom. The third kappa shape index (κ3) is 2.20. The molecular formula is C10H9Cl2N3. The van der Waals surface area contributed by atoms with E-state index in [1.54, 1.807) is 12.1 Å². The number of fused-ring (bicyclic) bond motifs is 1. The van der Waals surface area contributed by atoms with Crippen molar-refractivity contribution >= 4 is 34.1 Å². The van der Waals surface area contributed by atoms with Gasteiger partial charge < -0.3 is 5.32 Å². The third-order valence-corrected chi connectivity index (χ3v) is 2.52. The molecule has 5 heteroatoms. The summed E-state index contributed by atoms with van der Waals surface area (Å²) >= 11 is 11.9. The molecular weight excluding hydrogens is 233 g/mol. The molecule has 0 aliphatic heterocycles. The van der Waals surface area contributed by atoms with Gasteiger partial charge in [-0.3, -0.25) is 0 Å². The van der Waals surface area contributed by atoms with E-state index in [0.717, 1.165) is 10.9 Å². The van der Waals surface area contributed by atoms with Crippen molar-refractivity contribution in [1.82, 2.24) is 15.3 Å². The molecule has 1 aromatic heterocycles. The molecule has 0 bridgehead atoms. The Bertz CT molecular complexity index is 499. The molecule has 15 heavy (non-hydrogen) atoms. The van der Waals surface area contributed by atoms with Gasteiger partial charge in [-0.25, -0.2) is 9.97 Å². The van der Waals surface area contributed by atoms with Gasteiger partial charge in [0.15, 0.2) is 0 Å². The van der Waals surface area contributed by atoms with Crippen LogP contribution in [0.4, 0.5) is 0 Å². The first-order valence-corrected chi connectivity index (χ1v) is 5.22. The summed E-state index contributed by atoms with van der Waals surface area (Å²) in [6, 6.07) is 5.38. The van der Waals surface area contributed by atoms with Crippen LogP contribution in [0.5, 0.6) is 0 Å². The van der Waals surface area contributed by atoms with Gasteiger partial charge in [-0.05, 0) is 25.2 Å². The highest BCUT2D eigenvalue weighted by atomic mass is 35.5. The minimum Gasteiger partial charge on any atom is -0.313 e. The number of rotatable bonds is 2. The monoisotopic (exact) mass is 241 g/mol. The van der Waals surface area contributed by atoms with Crippen LogP contribution in [0.2, 0.25) is 10.2 Å². The third-order valence-electron chi connectivity index (χ3n) is 1.99. The van der Waals surface area contributed by atoms with Crippen molar-refractivity contribution in [2.45, 2.75) is 6.54 Å². The normalized spacial score (nSPS) is 10.9. The number of aromatic nitrogens is 2. The number of hydrogen-bond acceptors (Lipinski definition) is 3. The Labute approximate surface area is 97.4 Å². The van der Waals surface area contributed by atoms with Crippen LogP contribution >= 0.6 is 23.2 Å². The molecule has 0 amide bonds. The van der Waals surface area contributed by atoms with Crippen LogP contribution in [0.3, 0.4) is 0 Å². The van der Waals surface area contributed by atoms with Gasteiger partial charge in [-0.2, -0.15) is 0 Å². The Morgan fingerprint density at radius 2 is 2.07 bits per heavy atom. The summed E-state index contributed by atoms with van der Waals surface area (Å²) < 4.78 is 0. The summed E-state index contributed by atoms with van der Waals surface area (Å²) in [6.45, 7) is 0.585. The van der Waals surface area contributed by atoms with Crippen molar-refractivity contribution < 1.29 is 0 Å². The summed E-state index contributed by atoms with van der Waals surface area (Å²) in [6.07, 6.45) is 0. The zero-order valence-electron chi connectivity index (χ0n) is 8.09. The van der Waals surface area contributed by atoms with Crippen LogP contribution in [0.25, 0.3) is 10.9 Å². The zero-order chi connectivity index (χ0) is 10.8. The molecule has 0 fully saturated rings. The molecule has 2 aromatic rings. The second kappa shape index (κ2) is 4.31. The smallest absolute Gasteiger partial charge is 0.144 e. The average Bonchev–Trinajstić information content (AvgIpc) is 2.17. The Balaban J connectivity index is 2.63. The molecule has 2 rings (SSSR count). The van der Waals surface area contributed by atoms with Crippen molar-refractivity contribution in [3.63, 3.8) is 0 Å². The highest BCUT2D eigenvalue weighted by molar-refractivity contribution is 6.35. The summed E-state index contributed by atoms with van der Waals surface area (Å²) in [5, 5.41) is 4.90. The van der Waals surface area contributed by atoms with Crippen molar-refractivity contribution in [2.75, 3.05) is 7.05 Å². The fraction of sp³-hybridized carbons (Fsp3) is 0.200. The van der Waals surface area contributed by atoms with Gasteiger partial charge in [0, 0.05) is 10.4 Å². The predicted octanol–water partition coefficient (Wildman–Crippen LogP) is 2.66. The first kappa shape index (κ1) is 10.6. The van der Waals surface area contributed by atoms with Crippen molar-refractivity contribution in [2.24, 2.45) is 0 Å². The number of hydrogen-bond donors (Lipinski definition) is 1. The van der Waals surface area contributed by atoms with Crippen molar-refractivity contribution in [3.8, 4) is 0 Å². The summed E-state index contributed by atoms with van der Waals surface area (Å²) in [5.74, 6) is 0.664. The molecule has 3 nitrogen and oxygen atoms in total. The van der Waals surface area contributed by atoms with Crippen LogP contribution < -0.4 is 5.32 Å². The number of halogens is 2. The fourth-order valence-electron chi connectivity index (χ4n) is 1.35. The van der Waals surface area contributed by atoms with E-state index in [-0.39, 0.29) is 0 Å². The van der Waals surface area contributed by atoms with Gasteiger partial charge in [-0.15, -0.1) is 0 Å². The lowest BCUT2D eigenvalue weighted by atomic mass is 10.2. The molecule has 0 aliphatic rings. The lowest BCUT2D eigenvalue weighted by Gasteiger charge is -2.03. The molecule has 1 heterocycles. The van der Waals surface area contributed by atoms with Crippen LogP contribution in [-0.2, 0) is 6.54 Å². The number of nitrogens with zero attached hydrogens (tertiary/aromatic N) is 2. The molecule has 78 valence electrons. The molecule has 0 spiro atoms. The van der Waals surface area contributed by atoms with E-state index in [9.17, 15) is 0 Å². The molecule has 0 atom stereocenters. The summed E-state index contributed by atoms with van der Waals surface area (Å²) in [4.78, 5) is 8.51. The fourth-order valence-corrected chi connectivity index (χ4v) is 1.77. The lowest BCUT2D eigenvalue weighted by molar-refractivity contribution is 0.764. The van der Waals surface area contributed by atoms with E-state index in [1.165, 1.54) is 0 Å². The van der Waals surface area contributed by atoms with E-state index in [0.29, 0.717) is 22.5 Å². The standard InChI is InChI=1S/C10H9Cl2N3/c1-13-5-9-14-8-4-6(11)2-3-7(8)10(12)15-9/h2-4,13H,5H2,1H3. The Morgan fingerprint density at radius 1 is 1.27 bits per heavy atom. The van der Waals surface area contributed by atoms with Gasteiger partial charge in [0.25, 0.3) is 0 Å². The average molecular weight is 242 g/mol. The van der Waals surface area contributed by atoms with E-state index in [1.807, 2.05) is 13.1 Å². The summed E-state index contributed by atoms with van der Waals surface area (Å²) in [7, 11) is 1.83. The molecule has 1 aromatic carbocycles. The van der Waals surface area contributed by atoms with Gasteiger partial charge in [0.2, 0.25) is 0 Å². The van der Waals surface area contributed by atoms with Crippen molar-refractivity contribution in [1.29, 1.82) is 0 Å². The maximum absolute atomic E-state index is 6.03. The second-order valence-electron chi connectivity index (χ2n) is 3.12. The number of benzene rings is 1. The van der Waals surface area contributed by atoms with Crippen LogP contribution in [0.1, 0.15) is 5.82 Å². The highest BCUT2D eigenvalue weighted by Gasteiger charge is 2.05. The first-order valence-electron chi connectivity index (χ1n) is 4.47. The minimum atomic E-state index is 0.460. The lowest BCUT2D eigenvalue weighted by Crippen LogP contribution is -2.09. The van der Waals surface area contributed by atoms with Gasteiger partial charge in [0.1, 0.15) is 11.0 Å². The number of nitrogens with one attached hydrogen (secondary N) is 1. The Hall–Kier alpha value is -0.900. The largest absolute Gasteiger partial charge is 0.313 e. The van der Waals surface area contributed by atoms with Gasteiger partial charge >= 0.3 is 0 Å². The zero-order valence-corrected chi connectivity index (χ0v) is 9.60. The topological polar surface area (TPSA) is 37.8 Å². The molecule has 0 aliphatic carbocycles. The van der Waals surface area contributed by atoms with Crippen LogP contribution in [0, 0.1) is 0 Å². The molecule has 0 saturated heterocycles. The molecule has 0 saturated carbocycles. The first-order chi connectivity index (χ1) is 7.20. The predicted molar refractivity (Wildman–Crippen MR) is 62.3 cm³/mol. The Kier molecular flexibility index (Phi) is 3.05. The molecule has 0 radical (unpaired) electrons. The molecule has 0 unspecified atom stereocenters. The van der Waals surface area contributed by atoms with Gasteiger partial charge in [-0.1, -0.05) is 23.2 Å². The maximum Gasteiger partial charge on any atom is 0.144 e. The second-order valence-corrected chi connectivity index (χ2v) is 3.92. The van der Waals surface area contributed by atoms with E-state index in [4.69, 9.17) is 23.2 Å². The minimum absolute atomic E-state index is 0.460. The quantitative estimate of drug-likeness (QED) is 0.822. The van der Waals surface area contributed by atoms with Crippen LogP contribution in [0.15, 0.2) is 18.2 Å². The summed E-state index contributed by atoms with van der Waals surface area (Å²) in [5.41, 5.74) is 0.771.